The molecule has 7 nitrogen and oxygen atoms in total. The molecule has 2 aliphatic rings. The summed E-state index contributed by atoms with van der Waals surface area (Å²) in [6.07, 6.45) is 6.14. The van der Waals surface area contributed by atoms with Gasteiger partial charge in [0.25, 0.3) is 0 Å². The Bertz CT molecular complexity index is 701. The molecule has 1 aliphatic carbocycles. The highest BCUT2D eigenvalue weighted by atomic mass is 16.5. The van der Waals surface area contributed by atoms with Crippen molar-refractivity contribution in [2.24, 2.45) is 4.99 Å². The van der Waals surface area contributed by atoms with Crippen LogP contribution in [0.25, 0.3) is 0 Å². The van der Waals surface area contributed by atoms with Gasteiger partial charge in [-0.1, -0.05) is 24.3 Å². The summed E-state index contributed by atoms with van der Waals surface area (Å²) in [5, 5.41) is 6.83. The maximum absolute atomic E-state index is 11.6. The number of hydrogen-bond donors (Lipinski definition) is 2. The number of nitrogens with one attached hydrogen (secondary N) is 2. The van der Waals surface area contributed by atoms with Crippen molar-refractivity contribution in [3.05, 3.63) is 35.4 Å². The summed E-state index contributed by atoms with van der Waals surface area (Å²) >= 11 is 0. The van der Waals surface area contributed by atoms with Gasteiger partial charge in [-0.2, -0.15) is 0 Å². The van der Waals surface area contributed by atoms with Gasteiger partial charge in [-0.25, -0.2) is 4.79 Å². The predicted molar refractivity (Wildman–Crippen MR) is 119 cm³/mol. The molecule has 3 rings (SSSR count). The van der Waals surface area contributed by atoms with Gasteiger partial charge in [-0.05, 0) is 56.6 Å². The number of nitrogens with zero attached hydrogens (tertiary/aromatic N) is 2. The summed E-state index contributed by atoms with van der Waals surface area (Å²) < 4.78 is 11.0. The van der Waals surface area contributed by atoms with Gasteiger partial charge in [0.1, 0.15) is 0 Å². The van der Waals surface area contributed by atoms with E-state index < -0.39 is 0 Å². The smallest absolute Gasteiger partial charge is 0.409 e. The van der Waals surface area contributed by atoms with Crippen LogP contribution in [0.4, 0.5) is 4.79 Å². The third kappa shape index (κ3) is 6.36. The lowest BCUT2D eigenvalue weighted by molar-refractivity contribution is 0.0403. The molecule has 2 N–H and O–H groups in total. The predicted octanol–water partition coefficient (Wildman–Crippen LogP) is 3.26. The number of carbonyl (C=O) groups is 1. The van der Waals surface area contributed by atoms with E-state index in [9.17, 15) is 4.79 Å². The molecule has 0 bridgehead atoms. The molecule has 1 fully saturated rings. The van der Waals surface area contributed by atoms with Crippen molar-refractivity contribution in [2.75, 3.05) is 39.9 Å². The third-order valence-electron chi connectivity index (χ3n) is 5.82. The fourth-order valence-electron chi connectivity index (χ4n) is 4.21. The van der Waals surface area contributed by atoms with Crippen LogP contribution < -0.4 is 10.6 Å². The van der Waals surface area contributed by atoms with Crippen LogP contribution in [0.5, 0.6) is 0 Å². The topological polar surface area (TPSA) is 75.2 Å². The Morgan fingerprint density at radius 2 is 2.03 bits per heavy atom. The first kappa shape index (κ1) is 22.4. The van der Waals surface area contributed by atoms with Gasteiger partial charge in [0.05, 0.1) is 13.2 Å². The van der Waals surface area contributed by atoms with E-state index in [-0.39, 0.29) is 12.2 Å². The van der Waals surface area contributed by atoms with Crippen LogP contribution in [0.15, 0.2) is 29.3 Å². The summed E-state index contributed by atoms with van der Waals surface area (Å²) in [5.74, 6) is 0.844. The molecule has 0 saturated carbocycles. The highest BCUT2D eigenvalue weighted by Crippen LogP contribution is 2.32. The van der Waals surface area contributed by atoms with Gasteiger partial charge in [-0.15, -0.1) is 0 Å². The molecule has 1 aromatic rings. The number of piperidine rings is 1. The zero-order valence-electron chi connectivity index (χ0n) is 18.4. The lowest BCUT2D eigenvalue weighted by atomic mass is 9.89. The Labute approximate surface area is 180 Å². The quantitative estimate of drug-likeness (QED) is 0.405. The Kier molecular flexibility index (Phi) is 8.81. The van der Waals surface area contributed by atoms with Gasteiger partial charge in [-0.3, -0.25) is 4.99 Å². The van der Waals surface area contributed by atoms with Gasteiger partial charge < -0.3 is 25.0 Å². The van der Waals surface area contributed by atoms with E-state index in [1.54, 1.807) is 4.90 Å². The highest BCUT2D eigenvalue weighted by molar-refractivity contribution is 5.80. The average Bonchev–Trinajstić information content (AvgIpc) is 2.79. The van der Waals surface area contributed by atoms with Crippen LogP contribution in [-0.2, 0) is 15.9 Å². The maximum Gasteiger partial charge on any atom is 0.409 e. The Balaban J connectivity index is 1.40. The molecular weight excluding hydrogens is 380 g/mol. The lowest BCUT2D eigenvalue weighted by Crippen LogP contribution is -2.49. The molecule has 1 atom stereocenters. The monoisotopic (exact) mass is 416 g/mol. The maximum atomic E-state index is 11.6. The zero-order chi connectivity index (χ0) is 21.2. The number of carbonyl (C=O) groups excluding carboxylic acids is 1. The molecule has 0 radical (unpaired) electrons. The van der Waals surface area contributed by atoms with Crippen LogP contribution in [0.2, 0.25) is 0 Å². The van der Waals surface area contributed by atoms with E-state index in [0.717, 1.165) is 57.8 Å². The minimum Gasteiger partial charge on any atom is -0.453 e. The van der Waals surface area contributed by atoms with Crippen LogP contribution in [-0.4, -0.2) is 62.9 Å². The van der Waals surface area contributed by atoms with E-state index >= 15 is 0 Å². The SMILES string of the molecule is CCNC(=NCCCOC1CCCc2ccccc21)NC1CCN(C(=O)OC)CC1. The Hall–Kier alpha value is -2.28. The van der Waals surface area contributed by atoms with Gasteiger partial charge in [0.15, 0.2) is 5.96 Å². The Morgan fingerprint density at radius 3 is 2.80 bits per heavy atom. The summed E-state index contributed by atoms with van der Waals surface area (Å²) in [6.45, 7) is 5.76. The second-order valence-corrected chi connectivity index (χ2v) is 7.94. The molecular formula is C23H36N4O3. The number of rotatable bonds is 7. The molecule has 1 amide bonds. The van der Waals surface area contributed by atoms with Crippen molar-refractivity contribution in [3.8, 4) is 0 Å². The Morgan fingerprint density at radius 1 is 1.23 bits per heavy atom. The normalized spacial score (nSPS) is 19.9. The van der Waals surface area contributed by atoms with Crippen molar-refractivity contribution in [3.63, 3.8) is 0 Å². The van der Waals surface area contributed by atoms with E-state index in [0.29, 0.717) is 19.1 Å². The van der Waals surface area contributed by atoms with Crippen LogP contribution >= 0.6 is 0 Å². The molecule has 0 spiro atoms. The molecule has 1 aliphatic heterocycles. The van der Waals surface area contributed by atoms with Crippen LogP contribution in [0.1, 0.15) is 56.3 Å². The summed E-state index contributed by atoms with van der Waals surface area (Å²) in [6, 6.07) is 8.97. The number of aryl methyl sites for hydroxylation is 1. The molecule has 0 aromatic heterocycles. The standard InChI is InChI=1S/C23H36N4O3/c1-3-24-22(26-19-12-15-27(16-13-19)23(28)29-2)25-14-7-17-30-21-11-6-9-18-8-4-5-10-20(18)21/h4-5,8,10,19,21H,3,6-7,9,11-17H2,1-2H3,(H2,24,25,26). The highest BCUT2D eigenvalue weighted by Gasteiger charge is 2.23. The van der Waals surface area contributed by atoms with E-state index in [1.165, 1.54) is 24.7 Å². The van der Waals surface area contributed by atoms with Gasteiger partial charge in [0, 0.05) is 38.8 Å². The van der Waals surface area contributed by atoms with Crippen LogP contribution in [0.3, 0.4) is 0 Å². The molecule has 1 unspecified atom stereocenters. The average molecular weight is 417 g/mol. The number of aliphatic imine (C=N–C) groups is 1. The fraction of sp³-hybridized carbons (Fsp3) is 0.652. The van der Waals surface area contributed by atoms with Crippen molar-refractivity contribution in [1.29, 1.82) is 0 Å². The second kappa shape index (κ2) is 11.8. The summed E-state index contributed by atoms with van der Waals surface area (Å²) in [4.78, 5) is 18.1. The molecule has 30 heavy (non-hydrogen) atoms. The fourth-order valence-corrected chi connectivity index (χ4v) is 4.21. The largest absolute Gasteiger partial charge is 0.453 e. The van der Waals surface area contributed by atoms with Crippen molar-refractivity contribution >= 4 is 12.1 Å². The summed E-state index contributed by atoms with van der Waals surface area (Å²) in [7, 11) is 1.43. The third-order valence-corrected chi connectivity index (χ3v) is 5.82. The van der Waals surface area contributed by atoms with Crippen molar-refractivity contribution in [2.45, 2.75) is 57.6 Å². The number of amides is 1. The molecule has 1 saturated heterocycles. The molecule has 1 heterocycles. The first-order valence-electron chi connectivity index (χ1n) is 11.3. The molecule has 7 heteroatoms. The van der Waals surface area contributed by atoms with Crippen molar-refractivity contribution < 1.29 is 14.3 Å². The first-order chi connectivity index (χ1) is 14.7. The first-order valence-corrected chi connectivity index (χ1v) is 11.3. The minimum absolute atomic E-state index is 0.227. The van der Waals surface area contributed by atoms with E-state index in [4.69, 9.17) is 14.5 Å². The lowest BCUT2D eigenvalue weighted by Gasteiger charge is -2.32. The second-order valence-electron chi connectivity index (χ2n) is 7.94. The zero-order valence-corrected chi connectivity index (χ0v) is 18.4. The van der Waals surface area contributed by atoms with Gasteiger partial charge >= 0.3 is 6.09 Å². The van der Waals surface area contributed by atoms with E-state index in [2.05, 4.69) is 41.8 Å². The number of ether oxygens (including phenoxy) is 2. The number of hydrogen-bond acceptors (Lipinski definition) is 4. The minimum atomic E-state index is -0.241. The van der Waals surface area contributed by atoms with Crippen molar-refractivity contribution in [1.82, 2.24) is 15.5 Å². The summed E-state index contributed by atoms with van der Waals surface area (Å²) in [5.41, 5.74) is 2.80. The van der Waals surface area contributed by atoms with Gasteiger partial charge in [0.2, 0.25) is 0 Å². The number of benzene rings is 1. The van der Waals surface area contributed by atoms with E-state index in [1.807, 2.05) is 0 Å². The van der Waals surface area contributed by atoms with Crippen LogP contribution in [0, 0.1) is 0 Å². The molecule has 166 valence electrons. The number of likely N-dealkylation sites (tertiary alicyclic amines) is 1. The molecule has 1 aromatic carbocycles. The number of fused-ring (bicyclic) bond motifs is 1. The number of methoxy groups -OCH3 is 1. The number of guanidine groups is 1.